The summed E-state index contributed by atoms with van der Waals surface area (Å²) in [7, 11) is 1.53. The lowest BCUT2D eigenvalue weighted by atomic mass is 10.1. The van der Waals surface area contributed by atoms with E-state index in [1.807, 2.05) is 41.5 Å². The molecular formula is C21H35FN4O3. The molecular weight excluding hydrogens is 375 g/mol. The van der Waals surface area contributed by atoms with Crippen LogP contribution < -0.4 is 16.0 Å². The molecule has 0 unspecified atom stereocenters. The van der Waals surface area contributed by atoms with Crippen LogP contribution in [0, 0.1) is 5.82 Å². The van der Waals surface area contributed by atoms with Gasteiger partial charge in [-0.3, -0.25) is 0 Å². The number of hydrogen-bond acceptors (Lipinski definition) is 4. The van der Waals surface area contributed by atoms with Crippen molar-refractivity contribution >= 4 is 12.1 Å². The summed E-state index contributed by atoms with van der Waals surface area (Å²) in [6.07, 6.45) is -0.469. The third-order valence-corrected chi connectivity index (χ3v) is 3.71. The summed E-state index contributed by atoms with van der Waals surface area (Å²) in [5, 5.41) is 9.23. The Morgan fingerprint density at radius 2 is 1.86 bits per heavy atom. The van der Waals surface area contributed by atoms with Gasteiger partial charge in [-0.15, -0.1) is 0 Å². The standard InChI is InChI=1S/C21H35FN4O3/c1-8-23-18(24-12-15-9-10-17(22)16(11-15)13-28-7)25-14-21(5,6)26-19(27)29-20(2,3)4/h9-11H,8,12-14H2,1-7H3,(H,26,27)(H2,23,24,25). The van der Waals surface area contributed by atoms with Gasteiger partial charge >= 0.3 is 6.09 Å². The van der Waals surface area contributed by atoms with Gasteiger partial charge in [0.25, 0.3) is 0 Å². The maximum absolute atomic E-state index is 13.8. The molecule has 1 rings (SSSR count). The molecule has 8 heteroatoms. The monoisotopic (exact) mass is 410 g/mol. The molecule has 7 nitrogen and oxygen atoms in total. The second kappa shape index (κ2) is 11.0. The summed E-state index contributed by atoms with van der Waals surface area (Å²) >= 11 is 0. The molecule has 0 bridgehead atoms. The molecule has 1 aromatic rings. The summed E-state index contributed by atoms with van der Waals surface area (Å²) in [6, 6.07) is 4.88. The molecule has 0 heterocycles. The van der Waals surface area contributed by atoms with Crippen LogP contribution in [0.25, 0.3) is 0 Å². The molecule has 0 radical (unpaired) electrons. The zero-order chi connectivity index (χ0) is 22.1. The fourth-order valence-corrected chi connectivity index (χ4v) is 2.43. The van der Waals surface area contributed by atoms with Gasteiger partial charge in [0.05, 0.1) is 18.7 Å². The summed E-state index contributed by atoms with van der Waals surface area (Å²) in [5.74, 6) is 0.309. The van der Waals surface area contributed by atoms with Gasteiger partial charge in [0.15, 0.2) is 5.96 Å². The average molecular weight is 411 g/mol. The highest BCUT2D eigenvalue weighted by Crippen LogP contribution is 2.13. The summed E-state index contributed by atoms with van der Waals surface area (Å²) in [5.41, 5.74) is 0.267. The predicted molar refractivity (Wildman–Crippen MR) is 113 cm³/mol. The highest BCUT2D eigenvalue weighted by molar-refractivity contribution is 5.80. The van der Waals surface area contributed by atoms with Crippen molar-refractivity contribution in [3.63, 3.8) is 0 Å². The number of methoxy groups -OCH3 is 1. The molecule has 1 amide bonds. The number of hydrogen-bond donors (Lipinski definition) is 3. The minimum atomic E-state index is -0.556. The van der Waals surface area contributed by atoms with Crippen LogP contribution in [0.4, 0.5) is 9.18 Å². The van der Waals surface area contributed by atoms with E-state index in [1.165, 1.54) is 13.2 Å². The Morgan fingerprint density at radius 3 is 2.45 bits per heavy atom. The van der Waals surface area contributed by atoms with Crippen molar-refractivity contribution in [3.8, 4) is 0 Å². The topological polar surface area (TPSA) is 84.0 Å². The van der Waals surface area contributed by atoms with Crippen LogP contribution in [0.2, 0.25) is 0 Å². The van der Waals surface area contributed by atoms with E-state index < -0.39 is 17.2 Å². The Balaban J connectivity index is 2.72. The van der Waals surface area contributed by atoms with E-state index in [2.05, 4.69) is 20.9 Å². The number of carbonyl (C=O) groups excluding carboxylic acids is 1. The smallest absolute Gasteiger partial charge is 0.408 e. The number of nitrogens with one attached hydrogen (secondary N) is 3. The van der Waals surface area contributed by atoms with Gasteiger partial charge in [-0.1, -0.05) is 6.07 Å². The van der Waals surface area contributed by atoms with E-state index in [0.717, 1.165) is 5.56 Å². The number of amides is 1. The Kier molecular flexibility index (Phi) is 9.36. The van der Waals surface area contributed by atoms with Gasteiger partial charge in [0.2, 0.25) is 0 Å². The normalized spacial score (nSPS) is 12.5. The van der Waals surface area contributed by atoms with Gasteiger partial charge < -0.3 is 25.4 Å². The number of benzene rings is 1. The first-order valence-corrected chi connectivity index (χ1v) is 9.75. The molecule has 164 valence electrons. The quantitative estimate of drug-likeness (QED) is 0.452. The highest BCUT2D eigenvalue weighted by Gasteiger charge is 2.24. The molecule has 29 heavy (non-hydrogen) atoms. The van der Waals surface area contributed by atoms with E-state index >= 15 is 0 Å². The molecule has 0 aliphatic rings. The summed E-state index contributed by atoms with van der Waals surface area (Å²) in [4.78, 5) is 16.6. The van der Waals surface area contributed by atoms with Crippen molar-refractivity contribution in [2.75, 3.05) is 20.2 Å². The van der Waals surface area contributed by atoms with Crippen molar-refractivity contribution < 1.29 is 18.7 Å². The largest absolute Gasteiger partial charge is 0.444 e. The molecule has 0 saturated carbocycles. The lowest BCUT2D eigenvalue weighted by Gasteiger charge is -2.29. The second-order valence-electron chi connectivity index (χ2n) is 8.42. The van der Waals surface area contributed by atoms with Gasteiger partial charge in [0.1, 0.15) is 11.4 Å². The van der Waals surface area contributed by atoms with Crippen LogP contribution in [-0.2, 0) is 22.6 Å². The minimum Gasteiger partial charge on any atom is -0.444 e. The van der Waals surface area contributed by atoms with E-state index in [0.29, 0.717) is 31.2 Å². The molecule has 0 aliphatic heterocycles. The first-order chi connectivity index (χ1) is 13.5. The first-order valence-electron chi connectivity index (χ1n) is 9.75. The van der Waals surface area contributed by atoms with Crippen LogP contribution in [0.1, 0.15) is 52.7 Å². The Labute approximate surface area is 173 Å². The molecule has 0 saturated heterocycles. The zero-order valence-electron chi connectivity index (χ0n) is 18.6. The molecule has 0 aromatic heterocycles. The van der Waals surface area contributed by atoms with Gasteiger partial charge in [-0.25, -0.2) is 14.2 Å². The lowest BCUT2D eigenvalue weighted by molar-refractivity contribution is 0.0474. The van der Waals surface area contributed by atoms with Crippen molar-refractivity contribution in [2.24, 2.45) is 4.99 Å². The first kappa shape index (κ1) is 24.7. The van der Waals surface area contributed by atoms with Crippen LogP contribution in [0.5, 0.6) is 0 Å². The number of halogens is 1. The number of carbonyl (C=O) groups is 1. The number of ether oxygens (including phenoxy) is 2. The van der Waals surface area contributed by atoms with Crippen LogP contribution in [0.15, 0.2) is 23.2 Å². The van der Waals surface area contributed by atoms with Gasteiger partial charge in [-0.05, 0) is 59.2 Å². The maximum Gasteiger partial charge on any atom is 0.408 e. The number of alkyl carbamates (subject to hydrolysis) is 1. The highest BCUT2D eigenvalue weighted by atomic mass is 19.1. The van der Waals surface area contributed by atoms with E-state index in [-0.39, 0.29) is 12.4 Å². The van der Waals surface area contributed by atoms with E-state index in [9.17, 15) is 9.18 Å². The Bertz CT molecular complexity index is 700. The van der Waals surface area contributed by atoms with Crippen LogP contribution in [0.3, 0.4) is 0 Å². The Morgan fingerprint density at radius 1 is 1.17 bits per heavy atom. The maximum atomic E-state index is 13.8. The fourth-order valence-electron chi connectivity index (χ4n) is 2.43. The number of nitrogens with zero attached hydrogens (tertiary/aromatic N) is 1. The van der Waals surface area contributed by atoms with Crippen LogP contribution >= 0.6 is 0 Å². The van der Waals surface area contributed by atoms with E-state index in [1.54, 1.807) is 12.1 Å². The predicted octanol–water partition coefficient (Wildman–Crippen LogP) is 3.33. The third-order valence-electron chi connectivity index (χ3n) is 3.71. The zero-order valence-corrected chi connectivity index (χ0v) is 18.6. The van der Waals surface area contributed by atoms with Gasteiger partial charge in [-0.2, -0.15) is 0 Å². The number of guanidine groups is 1. The van der Waals surface area contributed by atoms with Crippen molar-refractivity contribution in [1.82, 2.24) is 16.0 Å². The van der Waals surface area contributed by atoms with Crippen LogP contribution in [-0.4, -0.2) is 43.4 Å². The van der Waals surface area contributed by atoms with Gasteiger partial charge in [0, 0.05) is 25.8 Å². The minimum absolute atomic E-state index is 0.215. The summed E-state index contributed by atoms with van der Waals surface area (Å²) in [6.45, 7) is 12.9. The summed E-state index contributed by atoms with van der Waals surface area (Å²) < 4.78 is 24.1. The number of rotatable bonds is 8. The van der Waals surface area contributed by atoms with E-state index in [4.69, 9.17) is 9.47 Å². The molecule has 3 N–H and O–H groups in total. The molecule has 0 fully saturated rings. The van der Waals surface area contributed by atoms with Crippen molar-refractivity contribution in [2.45, 2.75) is 65.8 Å². The third kappa shape index (κ3) is 10.1. The number of aliphatic imine (C=N–C) groups is 1. The lowest BCUT2D eigenvalue weighted by Crippen LogP contribution is -2.54. The van der Waals surface area contributed by atoms with Crippen molar-refractivity contribution in [1.29, 1.82) is 0 Å². The fraction of sp³-hybridized carbons (Fsp3) is 0.619. The average Bonchev–Trinajstić information content (AvgIpc) is 2.58. The Hall–Kier alpha value is -2.35. The molecule has 0 aliphatic carbocycles. The molecule has 0 spiro atoms. The second-order valence-corrected chi connectivity index (χ2v) is 8.42. The van der Waals surface area contributed by atoms with Crippen molar-refractivity contribution in [3.05, 3.63) is 35.1 Å². The molecule has 0 atom stereocenters. The SMILES string of the molecule is CCNC(=NCc1ccc(F)c(COC)c1)NCC(C)(C)NC(=O)OC(C)(C)C. The molecule has 1 aromatic carbocycles.